The lowest BCUT2D eigenvalue weighted by Crippen LogP contribution is -2.53. The van der Waals surface area contributed by atoms with Gasteiger partial charge in [-0.15, -0.1) is 0 Å². The zero-order valence-electron chi connectivity index (χ0n) is 77.8. The molecule has 8 heterocycles. The number of Topliss-reactive ketones (excluding diaryl/α,β-unsaturated/α-hetero) is 3. The Bertz CT molecular complexity index is 6780. The Morgan fingerprint density at radius 1 is 0.458 bits per heavy atom. The number of rotatable bonds is 23. The summed E-state index contributed by atoms with van der Waals surface area (Å²) >= 11 is 0. The third kappa shape index (κ3) is 22.3. The van der Waals surface area contributed by atoms with Crippen LogP contribution in [0.5, 0.6) is 17.2 Å². The number of ether oxygens (including phenoxy) is 6. The predicted molar refractivity (Wildman–Crippen MR) is 482 cm³/mol. The number of carbonyl (C=O) groups excluding carboxylic acids is 6. The molecule has 5 aliphatic heterocycles. The maximum atomic E-state index is 15.3. The summed E-state index contributed by atoms with van der Waals surface area (Å²) in [6.45, 7) is 7.48. The summed E-state index contributed by atoms with van der Waals surface area (Å²) in [5.74, 6) is -13.3. The molecule has 142 heavy (non-hydrogen) atoms. The molecule has 10 aromatic rings. The quantitative estimate of drug-likeness (QED) is 0.0433. The molecule has 7 aromatic carbocycles. The van der Waals surface area contributed by atoms with E-state index in [1.165, 1.54) is 74.4 Å². The van der Waals surface area contributed by atoms with Crippen molar-refractivity contribution in [3.8, 4) is 50.6 Å². The van der Waals surface area contributed by atoms with Gasteiger partial charge in [-0.1, -0.05) is 36.4 Å². The van der Waals surface area contributed by atoms with Crippen molar-refractivity contribution in [3.05, 3.63) is 253 Å². The first-order valence-corrected chi connectivity index (χ1v) is 44.4. The Labute approximate surface area is 797 Å². The zero-order valence-corrected chi connectivity index (χ0v) is 77.8. The van der Waals surface area contributed by atoms with Crippen LogP contribution in [0, 0.1) is 61.5 Å². The molecule has 0 spiro atoms. The van der Waals surface area contributed by atoms with E-state index in [-0.39, 0.29) is 86.7 Å². The first-order valence-electron chi connectivity index (χ1n) is 44.4. The smallest absolute Gasteiger partial charge is 0.417 e. The number of pyridine rings is 3. The molecule has 0 aliphatic carbocycles. The minimum Gasteiger partial charge on any atom is -0.496 e. The number of halogens is 19. The number of methoxy groups -OCH3 is 1. The summed E-state index contributed by atoms with van der Waals surface area (Å²) in [6, 6.07) is 9.62. The van der Waals surface area contributed by atoms with Gasteiger partial charge < -0.3 is 73.2 Å². The highest BCUT2D eigenvalue weighted by atomic mass is 19.4. The summed E-state index contributed by atoms with van der Waals surface area (Å²) in [4.78, 5) is 119. The molecule has 3 amide bonds. The normalized spacial score (nSPS) is 16.2. The molecule has 2 saturated heterocycles. The lowest BCUT2D eigenvalue weighted by Gasteiger charge is -2.38. The maximum absolute atomic E-state index is 15.3. The van der Waals surface area contributed by atoms with E-state index in [2.05, 4.69) is 16.0 Å². The number of alkyl halides is 12. The van der Waals surface area contributed by atoms with Crippen LogP contribution in [-0.2, 0) is 101 Å². The van der Waals surface area contributed by atoms with Gasteiger partial charge in [0.1, 0.15) is 92.8 Å². The number of nitrogens with one attached hydrogen (secondary N) is 4. The number of fused-ring (bicyclic) bond motifs is 4. The fraction of sp³-hybridized carbons (Fsp3) is 0.384. The number of nitrogens with zero attached hydrogens (tertiary/aromatic N) is 5. The summed E-state index contributed by atoms with van der Waals surface area (Å²) in [6.07, 6.45) is -17.1. The van der Waals surface area contributed by atoms with Crippen LogP contribution in [0.15, 0.2) is 118 Å². The monoisotopic (exact) mass is 2010 g/mol. The van der Waals surface area contributed by atoms with Crippen molar-refractivity contribution in [2.45, 2.75) is 168 Å². The van der Waals surface area contributed by atoms with Crippen LogP contribution >= 0.6 is 0 Å². The number of morpholine rings is 2. The molecule has 4 N–H and O–H groups in total. The Morgan fingerprint density at radius 3 is 1.27 bits per heavy atom. The Morgan fingerprint density at radius 2 is 0.852 bits per heavy atom. The fourth-order valence-electron chi connectivity index (χ4n) is 17.8. The number of carbonyl (C=O) groups is 6. The van der Waals surface area contributed by atoms with Gasteiger partial charge in [-0.2, -0.15) is 52.7 Å². The molecule has 6 atom stereocenters. The van der Waals surface area contributed by atoms with Gasteiger partial charge >= 0.3 is 24.7 Å². The van der Waals surface area contributed by atoms with Crippen molar-refractivity contribution in [2.75, 3.05) is 75.0 Å². The number of hydrogen-bond donors (Lipinski definition) is 4. The lowest BCUT2D eigenvalue weighted by molar-refractivity contribution is -0.167. The third-order valence-electron chi connectivity index (χ3n) is 25.6. The van der Waals surface area contributed by atoms with Crippen molar-refractivity contribution >= 4 is 63.0 Å². The van der Waals surface area contributed by atoms with Crippen LogP contribution in [0.25, 0.3) is 44.3 Å². The third-order valence-corrected chi connectivity index (χ3v) is 25.6. The van der Waals surface area contributed by atoms with Gasteiger partial charge in [0.2, 0.25) is 0 Å². The number of amides is 3. The van der Waals surface area contributed by atoms with E-state index < -0.39 is 200 Å². The highest BCUT2D eigenvalue weighted by molar-refractivity contribution is 6.01. The van der Waals surface area contributed by atoms with Crippen molar-refractivity contribution < 1.29 is 141 Å². The van der Waals surface area contributed by atoms with Gasteiger partial charge in [0.15, 0.2) is 17.3 Å². The molecule has 15 rings (SSSR count). The topological polar surface area (TPSA) is 278 Å². The molecule has 43 heteroatoms. The first-order chi connectivity index (χ1) is 66.7. The van der Waals surface area contributed by atoms with Crippen molar-refractivity contribution in [1.29, 1.82) is 0 Å². The fourth-order valence-corrected chi connectivity index (χ4v) is 17.8. The van der Waals surface area contributed by atoms with Gasteiger partial charge in [-0.05, 0) is 185 Å². The molecule has 0 radical (unpaired) electrons. The van der Waals surface area contributed by atoms with E-state index >= 15 is 17.6 Å². The van der Waals surface area contributed by atoms with Crippen LogP contribution in [0.1, 0.15) is 133 Å². The number of benzene rings is 7. The number of aryl methyl sites for hydroxylation is 4. The SMILES string of the molecule is CC(=O)[C@H](Cc1ccc(-c2c(C(F)(F)F)cc(C)n(C)c2=O)c2c1COC2)NC(=O)c1c(F)cc(N[C@H](C)C(F)(F)F)cc1F.CC(=O)[C@H](Cc1ccc(-c2c(C)c3cc(F)ccc3n(C)c2=O)c2c1CCCO2)NC(=O)c1c(F)cc(N2CCOC[C@@H]2C(F)(F)F)cc1F.COc1cc(C)n(C)c(=O)c1-c1ccc(C[C@H](NC(=O)c2c(F)cc(N3CCOC[C@@H]3C(F)(F)F)cc2F)C(C)=O)c2c1OCCC2. The van der Waals surface area contributed by atoms with E-state index in [1.807, 2.05) is 5.32 Å². The summed E-state index contributed by atoms with van der Waals surface area (Å²) < 4.78 is 304. The average Bonchev–Trinajstić information content (AvgIpc) is 0.937. The summed E-state index contributed by atoms with van der Waals surface area (Å²) in [5, 5.41) is 9.45. The number of ketones is 3. The molecule has 0 saturated carbocycles. The largest absolute Gasteiger partial charge is 0.496 e. The van der Waals surface area contributed by atoms with Crippen LogP contribution < -0.4 is 62.0 Å². The molecule has 0 unspecified atom stereocenters. The molecule has 2 fully saturated rings. The number of aromatic nitrogens is 3. The Hall–Kier alpha value is -13.6. The van der Waals surface area contributed by atoms with Gasteiger partial charge in [-0.3, -0.25) is 43.2 Å². The van der Waals surface area contributed by atoms with Gasteiger partial charge in [-0.25, -0.2) is 30.7 Å². The highest BCUT2D eigenvalue weighted by Crippen LogP contribution is 2.46. The van der Waals surface area contributed by atoms with Gasteiger partial charge in [0, 0.05) is 105 Å². The molecule has 0 bridgehead atoms. The van der Waals surface area contributed by atoms with E-state index in [4.69, 9.17) is 28.4 Å². The molecule has 758 valence electrons. The zero-order chi connectivity index (χ0) is 104. The summed E-state index contributed by atoms with van der Waals surface area (Å²) in [7, 11) is 6.03. The highest BCUT2D eigenvalue weighted by Gasteiger charge is 2.49. The average molecular weight is 2010 g/mol. The molecule has 3 aromatic heterocycles. The van der Waals surface area contributed by atoms with E-state index in [0.717, 1.165) is 34.3 Å². The first kappa shape index (κ1) is 106. The van der Waals surface area contributed by atoms with Gasteiger partial charge in [0.25, 0.3) is 34.4 Å². The van der Waals surface area contributed by atoms with Crippen LogP contribution in [-0.4, -0.2) is 163 Å². The minimum absolute atomic E-state index is 0.0136. The summed E-state index contributed by atoms with van der Waals surface area (Å²) in [5.41, 5.74) is -0.654. The van der Waals surface area contributed by atoms with Crippen molar-refractivity contribution in [3.63, 3.8) is 0 Å². The second kappa shape index (κ2) is 42.3. The number of hydrogen-bond acceptors (Lipinski definition) is 18. The Kier molecular flexibility index (Phi) is 31.5. The van der Waals surface area contributed by atoms with E-state index in [0.29, 0.717) is 170 Å². The van der Waals surface area contributed by atoms with Crippen LogP contribution in [0.4, 0.5) is 100 Å². The molecular weight excluding hydrogens is 1920 g/mol. The molecular formula is C99H94F19N9O15. The van der Waals surface area contributed by atoms with Crippen LogP contribution in [0.3, 0.4) is 0 Å². The molecule has 24 nitrogen and oxygen atoms in total. The van der Waals surface area contributed by atoms with Crippen LogP contribution in [0.2, 0.25) is 0 Å². The van der Waals surface area contributed by atoms with Gasteiger partial charge in [0.05, 0.1) is 106 Å². The second-order valence-corrected chi connectivity index (χ2v) is 34.8. The minimum atomic E-state index is -4.85. The van der Waals surface area contributed by atoms with E-state index in [1.54, 1.807) is 58.3 Å². The predicted octanol–water partition coefficient (Wildman–Crippen LogP) is 16.6. The Balaban J connectivity index is 0.000000179. The maximum Gasteiger partial charge on any atom is 0.417 e. The molecule has 5 aliphatic rings. The van der Waals surface area contributed by atoms with E-state index in [9.17, 15) is 109 Å². The lowest BCUT2D eigenvalue weighted by atomic mass is 9.88. The standard InChI is InChI=1S/C36H33F6N3O5.C33H34F5N3O6.C30H27F8N3O4/c1-18-25-14-21(37)7-9-29(25)44(3)35(48)31(18)24-8-6-20(23-5-4-11-50-33(23)24)13-28(19(2)46)43-34(47)32-26(38)15-22(16-27(32)39)45-10-12-49-17-30(45)36(40,41)42;1-17-12-26(45-4)28(32(44)40(17)3)22-8-7-19(21-6-5-10-47-30(21)22)13-25(18(2)42)39-31(43)29-23(34)14-20(15-24(29)35)41-9-11-46-16-27(41)33(36,37)38;1-13-7-21(30(36,37)38)25(28(44)41(13)4)18-6-5-16(19-11-45-12-20(18)19)8-24(14(2)42)40-27(43)26-22(31)9-17(10-23(26)32)39-15(3)29(33,34)35/h6-9,14-16,28,30H,4-5,10-13,17H2,1-3H3,(H,43,47);7-8,12,14-15,25,27H,5-6,9-11,13,16H2,1-4H3,(H,39,43);5-7,9-10,15,24,39H,8,11-12H2,1-4H3,(H,40,43)/t28-,30+;25-,27+;15-,24+/m001/s1. The number of anilines is 3. The van der Waals surface area contributed by atoms with Crippen molar-refractivity contribution in [2.24, 2.45) is 21.1 Å². The van der Waals surface area contributed by atoms with Crippen molar-refractivity contribution in [1.82, 2.24) is 29.7 Å². The second-order valence-electron chi connectivity index (χ2n) is 34.8.